The van der Waals surface area contributed by atoms with Crippen molar-refractivity contribution in [3.8, 4) is 0 Å². The number of carboxylic acids is 1. The zero-order chi connectivity index (χ0) is 21.0. The monoisotopic (exact) mass is 398 g/mol. The van der Waals surface area contributed by atoms with E-state index in [9.17, 15) is 9.59 Å². The van der Waals surface area contributed by atoms with Crippen LogP contribution in [0.2, 0.25) is 0 Å². The summed E-state index contributed by atoms with van der Waals surface area (Å²) in [6, 6.07) is 6.89. The molecule has 3 rings (SSSR count). The van der Waals surface area contributed by atoms with E-state index in [2.05, 4.69) is 34.1 Å². The molecule has 1 atom stereocenters. The Labute approximate surface area is 168 Å². The van der Waals surface area contributed by atoms with E-state index < -0.39 is 12.0 Å². The smallest absolute Gasteiger partial charge is 0.328 e. The fraction of sp³-hybridized carbons (Fsp3) is 0.400. The van der Waals surface area contributed by atoms with Crippen molar-refractivity contribution < 1.29 is 14.7 Å². The summed E-state index contributed by atoms with van der Waals surface area (Å²) in [5, 5.41) is 15.9. The first-order valence-corrected chi connectivity index (χ1v) is 9.70. The summed E-state index contributed by atoms with van der Waals surface area (Å²) >= 11 is 0. The first-order chi connectivity index (χ1) is 13.9. The lowest BCUT2D eigenvalue weighted by Gasteiger charge is -2.19. The van der Waals surface area contributed by atoms with E-state index in [0.717, 1.165) is 30.7 Å². The van der Waals surface area contributed by atoms with E-state index in [1.165, 1.54) is 24.0 Å². The summed E-state index contributed by atoms with van der Waals surface area (Å²) < 4.78 is 3.25. The molecule has 0 bridgehead atoms. The van der Waals surface area contributed by atoms with Crippen LogP contribution in [0.3, 0.4) is 0 Å². The molecule has 0 aliphatic rings. The maximum absolute atomic E-state index is 12.7. The highest BCUT2D eigenvalue weighted by atomic mass is 16.4. The first kappa shape index (κ1) is 20.5. The average Bonchev–Trinajstić information content (AvgIpc) is 3.33. The van der Waals surface area contributed by atoms with Crippen LogP contribution in [-0.2, 0) is 11.3 Å². The summed E-state index contributed by atoms with van der Waals surface area (Å²) in [4.78, 5) is 30.7. The van der Waals surface area contributed by atoms with E-state index >= 15 is 0 Å². The lowest BCUT2D eigenvalue weighted by Crippen LogP contribution is -2.27. The van der Waals surface area contributed by atoms with Crippen LogP contribution in [0.4, 0.5) is 5.95 Å². The Kier molecular flexibility index (Phi) is 6.28. The van der Waals surface area contributed by atoms with Crippen molar-refractivity contribution in [2.24, 2.45) is 0 Å². The minimum Gasteiger partial charge on any atom is -0.480 e. The van der Waals surface area contributed by atoms with E-state index in [0.29, 0.717) is 12.5 Å². The molecule has 0 saturated heterocycles. The molecular weight excluding hydrogens is 372 g/mol. The molecule has 3 aromatic rings. The Hall–Kier alpha value is -3.20. The highest BCUT2D eigenvalue weighted by Crippen LogP contribution is 2.20. The third-order valence-corrected chi connectivity index (χ3v) is 5.03. The molecule has 0 aliphatic carbocycles. The van der Waals surface area contributed by atoms with Crippen LogP contribution in [0, 0.1) is 0 Å². The van der Waals surface area contributed by atoms with Gasteiger partial charge in [0, 0.05) is 19.3 Å². The van der Waals surface area contributed by atoms with Gasteiger partial charge in [-0.2, -0.15) is 5.10 Å². The number of nitrogens with one attached hydrogen (secondary N) is 1. The Morgan fingerprint density at radius 3 is 2.66 bits per heavy atom. The van der Waals surface area contributed by atoms with Gasteiger partial charge in [0.25, 0.3) is 5.91 Å². The maximum Gasteiger partial charge on any atom is 0.328 e. The Morgan fingerprint density at radius 1 is 1.24 bits per heavy atom. The number of fused-ring (bicyclic) bond motifs is 1. The normalized spacial score (nSPS) is 12.4. The van der Waals surface area contributed by atoms with E-state index in [-0.39, 0.29) is 11.5 Å². The van der Waals surface area contributed by atoms with Gasteiger partial charge in [-0.1, -0.05) is 26.0 Å². The van der Waals surface area contributed by atoms with Gasteiger partial charge in [0.05, 0.1) is 22.8 Å². The number of benzene rings is 1. The number of hydrogen-bond donors (Lipinski definition) is 2. The van der Waals surface area contributed by atoms with Crippen LogP contribution in [0.15, 0.2) is 36.7 Å². The molecule has 29 heavy (non-hydrogen) atoms. The predicted octanol–water partition coefficient (Wildman–Crippen LogP) is 2.47. The summed E-state index contributed by atoms with van der Waals surface area (Å²) in [7, 11) is 0. The third kappa shape index (κ3) is 4.45. The summed E-state index contributed by atoms with van der Waals surface area (Å²) in [5.74, 6) is -0.936. The third-order valence-electron chi connectivity index (χ3n) is 5.03. The molecule has 2 N–H and O–H groups in total. The van der Waals surface area contributed by atoms with Crippen LogP contribution in [0.25, 0.3) is 11.0 Å². The number of anilines is 1. The molecule has 1 aromatic carbocycles. The quantitative estimate of drug-likeness (QED) is 0.574. The molecule has 0 spiro atoms. The maximum atomic E-state index is 12.7. The van der Waals surface area contributed by atoms with Crippen LogP contribution >= 0.6 is 0 Å². The number of likely N-dealkylation sites (N-methyl/N-ethyl adjacent to an activating group) is 1. The number of nitrogens with zero attached hydrogens (tertiary/aromatic N) is 5. The van der Waals surface area contributed by atoms with Crippen molar-refractivity contribution in [2.75, 3.05) is 25.0 Å². The molecule has 0 saturated carbocycles. The van der Waals surface area contributed by atoms with E-state index in [4.69, 9.17) is 5.11 Å². The topological polar surface area (TPSA) is 105 Å². The summed E-state index contributed by atoms with van der Waals surface area (Å²) in [6.45, 7) is 9.17. The van der Waals surface area contributed by atoms with Gasteiger partial charge in [-0.25, -0.2) is 9.78 Å². The molecule has 1 amide bonds. The number of aliphatic carboxylic acids is 1. The number of carbonyl (C=O) groups excluding carboxylic acids is 1. The molecule has 0 fully saturated rings. The highest BCUT2D eigenvalue weighted by Gasteiger charge is 2.19. The minimum absolute atomic E-state index is 0.278. The minimum atomic E-state index is -1.02. The average molecular weight is 398 g/mol. The van der Waals surface area contributed by atoms with Crippen molar-refractivity contribution >= 4 is 28.9 Å². The molecule has 9 nitrogen and oxygen atoms in total. The molecule has 154 valence electrons. The Balaban J connectivity index is 1.84. The fourth-order valence-electron chi connectivity index (χ4n) is 3.13. The second-order valence-corrected chi connectivity index (χ2v) is 6.78. The van der Waals surface area contributed by atoms with Gasteiger partial charge in [0.15, 0.2) is 0 Å². The molecule has 0 aliphatic heterocycles. The predicted molar refractivity (Wildman–Crippen MR) is 110 cm³/mol. The largest absolute Gasteiger partial charge is 0.480 e. The second-order valence-electron chi connectivity index (χ2n) is 6.78. The molecule has 2 heterocycles. The lowest BCUT2D eigenvalue weighted by atomic mass is 10.3. The van der Waals surface area contributed by atoms with Gasteiger partial charge in [0.2, 0.25) is 5.95 Å². The van der Waals surface area contributed by atoms with Gasteiger partial charge >= 0.3 is 5.97 Å². The van der Waals surface area contributed by atoms with Crippen molar-refractivity contribution in [1.82, 2.24) is 24.2 Å². The van der Waals surface area contributed by atoms with Crippen LogP contribution in [0.5, 0.6) is 0 Å². The van der Waals surface area contributed by atoms with E-state index in [1.807, 2.05) is 28.8 Å². The fourth-order valence-corrected chi connectivity index (χ4v) is 3.13. The van der Waals surface area contributed by atoms with Crippen LogP contribution < -0.4 is 5.32 Å². The van der Waals surface area contributed by atoms with Gasteiger partial charge in [-0.15, -0.1) is 0 Å². The number of aromatic nitrogens is 4. The molecular formula is C20H26N6O3. The number of carboxylic acid groups (broad SMARTS) is 1. The molecule has 9 heteroatoms. The Bertz CT molecular complexity index is 1000. The van der Waals surface area contributed by atoms with Crippen molar-refractivity contribution in [3.05, 3.63) is 42.2 Å². The zero-order valence-electron chi connectivity index (χ0n) is 16.9. The summed E-state index contributed by atoms with van der Waals surface area (Å²) in [5.41, 5.74) is 2.03. The SMILES string of the molecule is CCN(CC)CCn1c(NC(=O)c2cnn(C(C)C(=O)O)c2)nc2ccccc21. The van der Waals surface area contributed by atoms with Gasteiger partial charge < -0.3 is 14.6 Å². The molecule has 2 aromatic heterocycles. The zero-order valence-corrected chi connectivity index (χ0v) is 16.9. The number of para-hydroxylation sites is 2. The van der Waals surface area contributed by atoms with Gasteiger partial charge in [-0.3, -0.25) is 14.8 Å². The van der Waals surface area contributed by atoms with Crippen molar-refractivity contribution in [2.45, 2.75) is 33.4 Å². The lowest BCUT2D eigenvalue weighted by molar-refractivity contribution is -0.140. The van der Waals surface area contributed by atoms with Gasteiger partial charge in [0.1, 0.15) is 6.04 Å². The standard InChI is InChI=1S/C20H26N6O3/c1-4-24(5-2)10-11-25-17-9-7-6-8-16(17)22-20(25)23-18(27)15-12-21-26(13-15)14(3)19(28)29/h6-9,12-14H,4-5,10-11H2,1-3H3,(H,28,29)(H,22,23,27). The first-order valence-electron chi connectivity index (χ1n) is 9.70. The number of hydrogen-bond acceptors (Lipinski definition) is 5. The molecule has 0 radical (unpaired) electrons. The van der Waals surface area contributed by atoms with Crippen LogP contribution in [-0.4, -0.2) is 60.8 Å². The number of amides is 1. The number of carbonyl (C=O) groups is 2. The number of rotatable bonds is 9. The second kappa shape index (κ2) is 8.87. The van der Waals surface area contributed by atoms with Crippen molar-refractivity contribution in [3.63, 3.8) is 0 Å². The van der Waals surface area contributed by atoms with Crippen molar-refractivity contribution in [1.29, 1.82) is 0 Å². The van der Waals surface area contributed by atoms with Crippen LogP contribution in [0.1, 0.15) is 37.2 Å². The summed E-state index contributed by atoms with van der Waals surface area (Å²) in [6.07, 6.45) is 2.79. The molecule has 1 unspecified atom stereocenters. The number of imidazole rings is 1. The van der Waals surface area contributed by atoms with E-state index in [1.54, 1.807) is 0 Å². The van der Waals surface area contributed by atoms with Gasteiger partial charge in [-0.05, 0) is 32.1 Å². The Morgan fingerprint density at radius 2 is 1.97 bits per heavy atom. The highest BCUT2D eigenvalue weighted by molar-refractivity contribution is 6.03.